The first-order valence-electron chi connectivity index (χ1n) is 5.36. The molecule has 0 atom stereocenters. The predicted molar refractivity (Wildman–Crippen MR) is 58.9 cm³/mol. The van der Waals surface area contributed by atoms with Gasteiger partial charge < -0.3 is 15.6 Å². The van der Waals surface area contributed by atoms with Gasteiger partial charge in [-0.1, -0.05) is 6.42 Å². The van der Waals surface area contributed by atoms with Crippen molar-refractivity contribution in [3.63, 3.8) is 0 Å². The van der Waals surface area contributed by atoms with E-state index in [9.17, 15) is 0 Å². The van der Waals surface area contributed by atoms with E-state index in [2.05, 4.69) is 0 Å². The second kappa shape index (κ2) is 4.11. The summed E-state index contributed by atoms with van der Waals surface area (Å²) in [5, 5.41) is 9.11. The van der Waals surface area contributed by atoms with E-state index in [1.807, 2.05) is 0 Å². The standard InChI is InChI=1S/C12H17NO2/c13-8-12(6-1-7-12)9-15-11-4-2-10(14)3-5-11/h2-5,14H,1,6-9,13H2. The zero-order chi connectivity index (χ0) is 10.7. The van der Waals surface area contributed by atoms with Crippen LogP contribution in [0.4, 0.5) is 0 Å². The minimum absolute atomic E-state index is 0.206. The monoisotopic (exact) mass is 207 g/mol. The quantitative estimate of drug-likeness (QED) is 0.792. The van der Waals surface area contributed by atoms with Crippen LogP contribution in [0.5, 0.6) is 11.5 Å². The first kappa shape index (κ1) is 10.3. The number of hydrogen-bond acceptors (Lipinski definition) is 3. The first-order valence-corrected chi connectivity index (χ1v) is 5.36. The molecule has 1 saturated carbocycles. The molecule has 3 heteroatoms. The van der Waals surface area contributed by atoms with Gasteiger partial charge in [0, 0.05) is 12.0 Å². The molecule has 15 heavy (non-hydrogen) atoms. The van der Waals surface area contributed by atoms with Crippen LogP contribution in [0, 0.1) is 5.41 Å². The van der Waals surface area contributed by atoms with E-state index in [4.69, 9.17) is 15.6 Å². The number of benzene rings is 1. The van der Waals surface area contributed by atoms with Gasteiger partial charge in [0.25, 0.3) is 0 Å². The highest BCUT2D eigenvalue weighted by atomic mass is 16.5. The van der Waals surface area contributed by atoms with Crippen molar-refractivity contribution < 1.29 is 9.84 Å². The third-order valence-corrected chi connectivity index (χ3v) is 3.23. The van der Waals surface area contributed by atoms with E-state index in [-0.39, 0.29) is 11.2 Å². The maximum atomic E-state index is 9.11. The number of phenolic OH excluding ortho intramolecular Hbond substituents is 1. The van der Waals surface area contributed by atoms with Gasteiger partial charge in [0.15, 0.2) is 0 Å². The molecule has 0 amide bonds. The van der Waals surface area contributed by atoms with Gasteiger partial charge in [-0.05, 0) is 37.1 Å². The maximum Gasteiger partial charge on any atom is 0.119 e. The number of rotatable bonds is 4. The van der Waals surface area contributed by atoms with Crippen molar-refractivity contribution in [2.75, 3.05) is 13.2 Å². The van der Waals surface area contributed by atoms with Gasteiger partial charge in [-0.15, -0.1) is 0 Å². The summed E-state index contributed by atoms with van der Waals surface area (Å²) in [5.41, 5.74) is 5.94. The summed E-state index contributed by atoms with van der Waals surface area (Å²) < 4.78 is 5.67. The van der Waals surface area contributed by atoms with Crippen LogP contribution >= 0.6 is 0 Å². The molecular formula is C12H17NO2. The molecule has 82 valence electrons. The van der Waals surface area contributed by atoms with Crippen molar-refractivity contribution in [3.8, 4) is 11.5 Å². The zero-order valence-corrected chi connectivity index (χ0v) is 8.78. The fourth-order valence-corrected chi connectivity index (χ4v) is 1.86. The van der Waals surface area contributed by atoms with Gasteiger partial charge in [-0.25, -0.2) is 0 Å². The number of aromatic hydroxyl groups is 1. The number of hydrogen-bond donors (Lipinski definition) is 2. The zero-order valence-electron chi connectivity index (χ0n) is 8.78. The Balaban J connectivity index is 1.90. The van der Waals surface area contributed by atoms with Gasteiger partial charge in [-0.3, -0.25) is 0 Å². The van der Waals surface area contributed by atoms with Crippen LogP contribution in [-0.4, -0.2) is 18.3 Å². The van der Waals surface area contributed by atoms with Crippen molar-refractivity contribution in [1.29, 1.82) is 0 Å². The fraction of sp³-hybridized carbons (Fsp3) is 0.500. The molecule has 0 saturated heterocycles. The number of ether oxygens (including phenoxy) is 1. The Kier molecular flexibility index (Phi) is 2.82. The second-order valence-electron chi connectivity index (χ2n) is 4.34. The Morgan fingerprint density at radius 2 is 1.93 bits per heavy atom. The maximum absolute atomic E-state index is 9.11. The molecule has 0 radical (unpaired) electrons. The van der Waals surface area contributed by atoms with Gasteiger partial charge >= 0.3 is 0 Å². The van der Waals surface area contributed by atoms with E-state index in [1.165, 1.54) is 19.3 Å². The molecule has 1 aromatic rings. The average Bonchev–Trinajstić information content (AvgIpc) is 2.20. The summed E-state index contributed by atoms with van der Waals surface area (Å²) in [6.45, 7) is 1.39. The SMILES string of the molecule is NCC1(COc2ccc(O)cc2)CCC1. The topological polar surface area (TPSA) is 55.5 Å². The van der Waals surface area contributed by atoms with Crippen LogP contribution in [-0.2, 0) is 0 Å². The summed E-state index contributed by atoms with van der Waals surface area (Å²) in [4.78, 5) is 0. The molecule has 0 bridgehead atoms. The molecule has 0 aromatic heterocycles. The van der Waals surface area contributed by atoms with E-state index >= 15 is 0 Å². The van der Waals surface area contributed by atoms with Crippen molar-refractivity contribution in [2.24, 2.45) is 11.1 Å². The molecule has 1 fully saturated rings. The van der Waals surface area contributed by atoms with Crippen molar-refractivity contribution in [1.82, 2.24) is 0 Å². The summed E-state index contributed by atoms with van der Waals surface area (Å²) >= 11 is 0. The van der Waals surface area contributed by atoms with Gasteiger partial charge in [0.1, 0.15) is 11.5 Å². The summed E-state index contributed by atoms with van der Waals surface area (Å²) in [6.07, 6.45) is 3.60. The van der Waals surface area contributed by atoms with Gasteiger partial charge in [0.05, 0.1) is 6.61 Å². The molecule has 1 aromatic carbocycles. The largest absolute Gasteiger partial charge is 0.508 e. The summed E-state index contributed by atoms with van der Waals surface area (Å²) in [6, 6.07) is 6.81. The average molecular weight is 207 g/mol. The molecule has 0 unspecified atom stereocenters. The van der Waals surface area contributed by atoms with Gasteiger partial charge in [0.2, 0.25) is 0 Å². The predicted octanol–water partition coefficient (Wildman–Crippen LogP) is 1.90. The highest BCUT2D eigenvalue weighted by molar-refractivity contribution is 5.30. The third kappa shape index (κ3) is 2.23. The minimum atomic E-state index is 0.206. The molecule has 3 nitrogen and oxygen atoms in total. The van der Waals surface area contributed by atoms with Crippen molar-refractivity contribution in [3.05, 3.63) is 24.3 Å². The first-order chi connectivity index (χ1) is 7.24. The van der Waals surface area contributed by atoms with E-state index in [1.54, 1.807) is 24.3 Å². The lowest BCUT2D eigenvalue weighted by molar-refractivity contribution is 0.0667. The van der Waals surface area contributed by atoms with Gasteiger partial charge in [-0.2, -0.15) is 0 Å². The molecule has 1 aliphatic carbocycles. The molecule has 0 heterocycles. The second-order valence-corrected chi connectivity index (χ2v) is 4.34. The van der Waals surface area contributed by atoms with E-state index < -0.39 is 0 Å². The van der Waals surface area contributed by atoms with Crippen molar-refractivity contribution in [2.45, 2.75) is 19.3 Å². The fourth-order valence-electron chi connectivity index (χ4n) is 1.86. The Hall–Kier alpha value is -1.22. The number of phenols is 1. The Bertz CT molecular complexity index is 311. The third-order valence-electron chi connectivity index (χ3n) is 3.23. The summed E-state index contributed by atoms with van der Waals surface area (Å²) in [7, 11) is 0. The molecule has 2 rings (SSSR count). The lowest BCUT2D eigenvalue weighted by Crippen LogP contribution is -2.42. The smallest absolute Gasteiger partial charge is 0.119 e. The summed E-state index contributed by atoms with van der Waals surface area (Å²) in [5.74, 6) is 1.06. The number of nitrogens with two attached hydrogens (primary N) is 1. The highest BCUT2D eigenvalue weighted by Gasteiger charge is 2.36. The molecule has 3 N–H and O–H groups in total. The van der Waals surface area contributed by atoms with Crippen LogP contribution < -0.4 is 10.5 Å². The minimum Gasteiger partial charge on any atom is -0.508 e. The molecular weight excluding hydrogens is 190 g/mol. The lowest BCUT2D eigenvalue weighted by Gasteiger charge is -2.40. The Labute approximate surface area is 89.9 Å². The van der Waals surface area contributed by atoms with Crippen LogP contribution in [0.1, 0.15) is 19.3 Å². The van der Waals surface area contributed by atoms with Crippen LogP contribution in [0.25, 0.3) is 0 Å². The van der Waals surface area contributed by atoms with Crippen LogP contribution in [0.2, 0.25) is 0 Å². The van der Waals surface area contributed by atoms with E-state index in [0.717, 1.165) is 5.75 Å². The highest BCUT2D eigenvalue weighted by Crippen LogP contribution is 2.40. The molecule has 1 aliphatic rings. The molecule has 0 aliphatic heterocycles. The Morgan fingerprint density at radius 1 is 1.27 bits per heavy atom. The van der Waals surface area contributed by atoms with Crippen LogP contribution in [0.15, 0.2) is 24.3 Å². The lowest BCUT2D eigenvalue weighted by atomic mass is 9.69. The van der Waals surface area contributed by atoms with Crippen molar-refractivity contribution >= 4 is 0 Å². The Morgan fingerprint density at radius 3 is 2.40 bits per heavy atom. The molecule has 0 spiro atoms. The van der Waals surface area contributed by atoms with E-state index in [0.29, 0.717) is 13.2 Å². The normalized spacial score (nSPS) is 18.2. The van der Waals surface area contributed by atoms with Crippen LogP contribution in [0.3, 0.4) is 0 Å².